The number of ether oxygens (including phenoxy) is 2. The van der Waals surface area contributed by atoms with Crippen LogP contribution >= 0.6 is 11.3 Å². The minimum atomic E-state index is -0.462. The number of hydrogen-bond donors (Lipinski definition) is 0. The van der Waals surface area contributed by atoms with Gasteiger partial charge in [0.25, 0.3) is 11.6 Å². The van der Waals surface area contributed by atoms with Crippen molar-refractivity contribution in [2.45, 2.75) is 13.8 Å². The Morgan fingerprint density at radius 2 is 2.03 bits per heavy atom. The summed E-state index contributed by atoms with van der Waals surface area (Å²) in [4.78, 5) is 33.3. The number of morpholine rings is 1. The van der Waals surface area contributed by atoms with Crippen LogP contribution in [0.15, 0.2) is 30.3 Å². The van der Waals surface area contributed by atoms with Gasteiger partial charge in [0.05, 0.1) is 29.9 Å². The molecule has 0 bridgehead atoms. The first-order valence-electron chi connectivity index (χ1n) is 10.7. The van der Waals surface area contributed by atoms with E-state index >= 15 is 0 Å². The van der Waals surface area contributed by atoms with E-state index in [1.807, 2.05) is 19.1 Å². The molecule has 1 fully saturated rings. The number of aryl methyl sites for hydroxylation is 1. The first-order chi connectivity index (χ1) is 15.9. The summed E-state index contributed by atoms with van der Waals surface area (Å²) in [5, 5.41) is 12.0. The predicted molar refractivity (Wildman–Crippen MR) is 128 cm³/mol. The van der Waals surface area contributed by atoms with Crippen LogP contribution in [0.5, 0.6) is 5.75 Å². The van der Waals surface area contributed by atoms with Crippen molar-refractivity contribution in [3.8, 4) is 5.75 Å². The fourth-order valence-corrected chi connectivity index (χ4v) is 5.00. The van der Waals surface area contributed by atoms with E-state index in [9.17, 15) is 14.9 Å². The second-order valence-corrected chi connectivity index (χ2v) is 8.85. The summed E-state index contributed by atoms with van der Waals surface area (Å²) in [6.45, 7) is 7.57. The molecule has 0 N–H and O–H groups in total. The average Bonchev–Trinajstić information content (AvgIpc) is 3.26. The second-order valence-electron chi connectivity index (χ2n) is 7.88. The molecule has 10 heteroatoms. The minimum Gasteiger partial charge on any atom is -0.494 e. The summed E-state index contributed by atoms with van der Waals surface area (Å²) in [6.07, 6.45) is 0. The largest absolute Gasteiger partial charge is 0.494 e. The second kappa shape index (κ2) is 9.82. The van der Waals surface area contributed by atoms with Gasteiger partial charge in [-0.25, -0.2) is 4.98 Å². The Morgan fingerprint density at radius 3 is 2.73 bits per heavy atom. The van der Waals surface area contributed by atoms with E-state index in [1.165, 1.54) is 17.4 Å². The number of nitrogens with zero attached hydrogens (tertiary/aromatic N) is 4. The van der Waals surface area contributed by atoms with Gasteiger partial charge in [-0.3, -0.25) is 24.7 Å². The Bertz CT molecular complexity index is 1190. The molecular formula is C23H26N4O5S. The van der Waals surface area contributed by atoms with E-state index in [4.69, 9.17) is 14.5 Å². The number of carbonyl (C=O) groups is 1. The van der Waals surface area contributed by atoms with Gasteiger partial charge in [0.15, 0.2) is 5.13 Å². The highest BCUT2D eigenvalue weighted by Crippen LogP contribution is 2.37. The van der Waals surface area contributed by atoms with Crippen LogP contribution in [0.1, 0.15) is 21.5 Å². The molecule has 2 heterocycles. The number of fused-ring (bicyclic) bond motifs is 1. The zero-order valence-corrected chi connectivity index (χ0v) is 19.7. The number of hydrogen-bond acceptors (Lipinski definition) is 8. The normalized spacial score (nSPS) is 14.4. The molecule has 1 aliphatic heterocycles. The van der Waals surface area contributed by atoms with Crippen LogP contribution in [0.3, 0.4) is 0 Å². The van der Waals surface area contributed by atoms with Gasteiger partial charge < -0.3 is 9.47 Å². The number of rotatable bonds is 7. The summed E-state index contributed by atoms with van der Waals surface area (Å²) in [5.41, 5.74) is 2.32. The number of aromatic nitrogens is 1. The Kier molecular flexibility index (Phi) is 6.87. The lowest BCUT2D eigenvalue weighted by atomic mass is 10.1. The Morgan fingerprint density at radius 1 is 1.27 bits per heavy atom. The molecule has 0 unspecified atom stereocenters. The van der Waals surface area contributed by atoms with Crippen LogP contribution in [0.2, 0.25) is 0 Å². The third-order valence-electron chi connectivity index (χ3n) is 5.86. The van der Waals surface area contributed by atoms with Crippen molar-refractivity contribution in [2.75, 3.05) is 51.4 Å². The van der Waals surface area contributed by atoms with Crippen molar-refractivity contribution in [3.05, 3.63) is 57.1 Å². The van der Waals surface area contributed by atoms with E-state index in [1.54, 1.807) is 31.1 Å². The quantitative estimate of drug-likeness (QED) is 0.382. The molecule has 0 atom stereocenters. The fraction of sp³-hybridized carbons (Fsp3) is 0.391. The van der Waals surface area contributed by atoms with E-state index in [-0.39, 0.29) is 11.6 Å². The van der Waals surface area contributed by atoms with Gasteiger partial charge in [0.1, 0.15) is 11.3 Å². The molecule has 0 aliphatic carbocycles. The first kappa shape index (κ1) is 23.1. The van der Waals surface area contributed by atoms with E-state index in [0.717, 1.165) is 23.4 Å². The third-order valence-corrected chi connectivity index (χ3v) is 7.08. The number of thiazole rings is 1. The summed E-state index contributed by atoms with van der Waals surface area (Å²) in [5.74, 6) is 0.338. The van der Waals surface area contributed by atoms with Crippen molar-refractivity contribution >= 4 is 38.3 Å². The van der Waals surface area contributed by atoms with Crippen molar-refractivity contribution < 1.29 is 19.2 Å². The maximum atomic E-state index is 13.7. The lowest BCUT2D eigenvalue weighted by Gasteiger charge is -2.29. The van der Waals surface area contributed by atoms with Crippen LogP contribution in [-0.4, -0.2) is 67.2 Å². The SMILES string of the molecule is COc1ccc(C)c2sc(N(CCN3CCOCC3)C(=O)c3cccc([N+](=O)[O-])c3C)nc12. The van der Waals surface area contributed by atoms with Crippen LogP contribution in [-0.2, 0) is 4.74 Å². The molecule has 0 saturated carbocycles. The van der Waals surface area contributed by atoms with Crippen molar-refractivity contribution in [1.82, 2.24) is 9.88 Å². The minimum absolute atomic E-state index is 0.0733. The highest BCUT2D eigenvalue weighted by molar-refractivity contribution is 7.22. The summed E-state index contributed by atoms with van der Waals surface area (Å²) < 4.78 is 11.9. The van der Waals surface area contributed by atoms with Gasteiger partial charge in [-0.1, -0.05) is 23.5 Å². The van der Waals surface area contributed by atoms with Crippen molar-refractivity contribution in [3.63, 3.8) is 0 Å². The molecule has 9 nitrogen and oxygen atoms in total. The Hall–Kier alpha value is -3.08. The lowest BCUT2D eigenvalue weighted by molar-refractivity contribution is -0.385. The van der Waals surface area contributed by atoms with Gasteiger partial charge in [-0.2, -0.15) is 0 Å². The topological polar surface area (TPSA) is 98.0 Å². The molecule has 1 saturated heterocycles. The molecule has 1 aromatic heterocycles. The Labute approximate surface area is 195 Å². The summed E-state index contributed by atoms with van der Waals surface area (Å²) in [7, 11) is 1.59. The smallest absolute Gasteiger partial charge is 0.273 e. The molecule has 174 valence electrons. The van der Waals surface area contributed by atoms with Gasteiger partial charge in [-0.15, -0.1) is 0 Å². The summed E-state index contributed by atoms with van der Waals surface area (Å²) >= 11 is 1.42. The number of nitro groups is 1. The third kappa shape index (κ3) is 4.68. The van der Waals surface area contributed by atoms with Crippen LogP contribution in [0.25, 0.3) is 10.2 Å². The maximum absolute atomic E-state index is 13.7. The predicted octanol–water partition coefficient (Wildman–Crippen LogP) is 3.81. The molecular weight excluding hydrogens is 444 g/mol. The molecule has 33 heavy (non-hydrogen) atoms. The van der Waals surface area contributed by atoms with Crippen LogP contribution in [0, 0.1) is 24.0 Å². The first-order valence-corrected chi connectivity index (χ1v) is 11.5. The maximum Gasteiger partial charge on any atom is 0.273 e. The molecule has 1 aliphatic rings. The van der Waals surface area contributed by atoms with Crippen LogP contribution < -0.4 is 9.64 Å². The van der Waals surface area contributed by atoms with Crippen molar-refractivity contribution in [2.24, 2.45) is 0 Å². The molecule has 1 amide bonds. The molecule has 4 rings (SSSR count). The molecule has 0 radical (unpaired) electrons. The number of amides is 1. The number of benzene rings is 2. The lowest BCUT2D eigenvalue weighted by Crippen LogP contribution is -2.43. The molecule has 2 aromatic carbocycles. The van der Waals surface area contributed by atoms with Gasteiger partial charge >= 0.3 is 0 Å². The summed E-state index contributed by atoms with van der Waals surface area (Å²) in [6, 6.07) is 8.42. The standard InChI is InChI=1S/C23H26N4O5S/c1-15-7-8-19(31-3)20-21(15)33-23(24-20)26(10-9-25-11-13-32-14-12-25)22(28)17-5-4-6-18(16(17)2)27(29)30/h4-8H,9-14H2,1-3H3. The number of anilines is 1. The van der Waals surface area contributed by atoms with E-state index in [0.29, 0.717) is 53.8 Å². The van der Waals surface area contributed by atoms with Gasteiger partial charge in [0, 0.05) is 43.4 Å². The van der Waals surface area contributed by atoms with E-state index < -0.39 is 4.92 Å². The average molecular weight is 471 g/mol. The number of carbonyl (C=O) groups excluding carboxylic acids is 1. The van der Waals surface area contributed by atoms with Gasteiger partial charge in [-0.05, 0) is 31.5 Å². The number of methoxy groups -OCH3 is 1. The highest BCUT2D eigenvalue weighted by atomic mass is 32.1. The van der Waals surface area contributed by atoms with E-state index in [2.05, 4.69) is 4.90 Å². The fourth-order valence-electron chi connectivity index (χ4n) is 3.93. The highest BCUT2D eigenvalue weighted by Gasteiger charge is 2.27. The zero-order valence-electron chi connectivity index (χ0n) is 18.9. The monoisotopic (exact) mass is 470 g/mol. The zero-order chi connectivity index (χ0) is 23.5. The Balaban J connectivity index is 1.75. The number of nitro benzene ring substituents is 1. The molecule has 3 aromatic rings. The van der Waals surface area contributed by atoms with Crippen molar-refractivity contribution in [1.29, 1.82) is 0 Å². The molecule has 0 spiro atoms. The van der Waals surface area contributed by atoms with Gasteiger partial charge in [0.2, 0.25) is 0 Å². The van der Waals surface area contributed by atoms with Crippen LogP contribution in [0.4, 0.5) is 10.8 Å².